The van der Waals surface area contributed by atoms with Crippen LogP contribution in [0.25, 0.3) is 0 Å². The van der Waals surface area contributed by atoms with Gasteiger partial charge in [-0.2, -0.15) is 0 Å². The lowest BCUT2D eigenvalue weighted by Gasteiger charge is -2.35. The molecule has 28 heavy (non-hydrogen) atoms. The second-order valence-corrected chi connectivity index (χ2v) is 6.37. The number of benzene rings is 2. The van der Waals surface area contributed by atoms with Crippen LogP contribution in [-0.2, 0) is 4.79 Å². The summed E-state index contributed by atoms with van der Waals surface area (Å²) in [7, 11) is 4.52. The lowest BCUT2D eigenvalue weighted by atomic mass is 10.1. The van der Waals surface area contributed by atoms with Crippen LogP contribution >= 0.6 is 0 Å². The summed E-state index contributed by atoms with van der Waals surface area (Å²) in [6, 6.07) is 10.8. The summed E-state index contributed by atoms with van der Waals surface area (Å²) in [5, 5.41) is 11.3. The number of rotatable bonds is 4. The number of likely N-dealkylation sites (N-methyl/N-ethyl adjacent to an activating group) is 1. The zero-order chi connectivity index (χ0) is 20.4. The SMILES string of the molecule is COc1ccc(C(=O)N2C[C@H](C(=O)N(C)C)Oc3ccccc32)cc1[N+](=O)[O-]. The van der Waals surface area contributed by atoms with Gasteiger partial charge in [0.1, 0.15) is 5.75 Å². The Morgan fingerprint density at radius 2 is 1.96 bits per heavy atom. The maximum atomic E-state index is 13.2. The van der Waals surface area contributed by atoms with E-state index in [0.717, 1.165) is 0 Å². The number of nitro benzene ring substituents is 1. The molecule has 3 rings (SSSR count). The Morgan fingerprint density at radius 1 is 1.25 bits per heavy atom. The number of hydrogen-bond donors (Lipinski definition) is 0. The van der Waals surface area contributed by atoms with Crippen molar-refractivity contribution in [2.24, 2.45) is 0 Å². The molecule has 2 amide bonds. The van der Waals surface area contributed by atoms with Gasteiger partial charge in [0, 0.05) is 25.7 Å². The third-order valence-corrected chi connectivity index (χ3v) is 4.36. The van der Waals surface area contributed by atoms with E-state index < -0.39 is 16.9 Å². The van der Waals surface area contributed by atoms with Crippen LogP contribution in [0.5, 0.6) is 11.5 Å². The van der Waals surface area contributed by atoms with E-state index in [1.54, 1.807) is 38.4 Å². The topological polar surface area (TPSA) is 102 Å². The number of fused-ring (bicyclic) bond motifs is 1. The first kappa shape index (κ1) is 19.2. The Labute approximate surface area is 161 Å². The summed E-state index contributed by atoms with van der Waals surface area (Å²) in [4.78, 5) is 39.0. The van der Waals surface area contributed by atoms with Gasteiger partial charge in [0.05, 0.1) is 24.3 Å². The Balaban J connectivity index is 2.01. The van der Waals surface area contributed by atoms with Gasteiger partial charge in [-0.15, -0.1) is 0 Å². The van der Waals surface area contributed by atoms with Crippen molar-refractivity contribution >= 4 is 23.2 Å². The molecule has 1 aliphatic rings. The third-order valence-electron chi connectivity index (χ3n) is 4.36. The molecule has 0 N–H and O–H groups in total. The molecule has 0 saturated heterocycles. The maximum absolute atomic E-state index is 13.2. The van der Waals surface area contributed by atoms with E-state index in [9.17, 15) is 19.7 Å². The molecular weight excluding hydrogens is 366 g/mol. The smallest absolute Gasteiger partial charge is 0.311 e. The molecular formula is C19H19N3O6. The number of nitrogens with zero attached hydrogens (tertiary/aromatic N) is 3. The second kappa shape index (κ2) is 7.55. The summed E-state index contributed by atoms with van der Waals surface area (Å²) in [5.41, 5.74) is 0.296. The number of nitro groups is 1. The van der Waals surface area contributed by atoms with Crippen molar-refractivity contribution in [3.63, 3.8) is 0 Å². The predicted molar refractivity (Wildman–Crippen MR) is 101 cm³/mol. The first-order valence-corrected chi connectivity index (χ1v) is 8.44. The highest BCUT2D eigenvalue weighted by molar-refractivity contribution is 6.08. The molecule has 0 unspecified atom stereocenters. The quantitative estimate of drug-likeness (QED) is 0.590. The predicted octanol–water partition coefficient (Wildman–Crippen LogP) is 2.10. The van der Waals surface area contributed by atoms with E-state index in [4.69, 9.17) is 9.47 Å². The number of carbonyl (C=O) groups is 2. The van der Waals surface area contributed by atoms with E-state index in [1.165, 1.54) is 35.1 Å². The fraction of sp³-hybridized carbons (Fsp3) is 0.263. The van der Waals surface area contributed by atoms with Gasteiger partial charge >= 0.3 is 5.69 Å². The molecule has 1 atom stereocenters. The molecule has 146 valence electrons. The first-order chi connectivity index (χ1) is 13.3. The van der Waals surface area contributed by atoms with Crippen LogP contribution in [0.3, 0.4) is 0 Å². The minimum Gasteiger partial charge on any atom is -0.490 e. The average Bonchev–Trinajstić information content (AvgIpc) is 2.71. The number of hydrogen-bond acceptors (Lipinski definition) is 6. The van der Waals surface area contributed by atoms with Gasteiger partial charge in [0.15, 0.2) is 11.9 Å². The Hall–Kier alpha value is -3.62. The molecule has 0 aromatic heterocycles. The highest BCUT2D eigenvalue weighted by Gasteiger charge is 2.35. The van der Waals surface area contributed by atoms with Crippen LogP contribution in [0, 0.1) is 10.1 Å². The summed E-state index contributed by atoms with van der Waals surface area (Å²) in [5.74, 6) is -0.305. The number of para-hydroxylation sites is 2. The molecule has 0 aliphatic carbocycles. The fourth-order valence-electron chi connectivity index (χ4n) is 2.96. The van der Waals surface area contributed by atoms with Crippen molar-refractivity contribution in [3.05, 3.63) is 58.1 Å². The molecule has 1 aliphatic heterocycles. The second-order valence-electron chi connectivity index (χ2n) is 6.37. The molecule has 0 bridgehead atoms. The highest BCUT2D eigenvalue weighted by Crippen LogP contribution is 2.35. The number of ether oxygens (including phenoxy) is 2. The van der Waals surface area contributed by atoms with E-state index in [-0.39, 0.29) is 29.5 Å². The molecule has 0 fully saturated rings. The van der Waals surface area contributed by atoms with Gasteiger partial charge in [0.25, 0.3) is 11.8 Å². The number of carbonyl (C=O) groups excluding carboxylic acids is 2. The third kappa shape index (κ3) is 3.46. The summed E-state index contributed by atoms with van der Waals surface area (Å²) < 4.78 is 10.7. The van der Waals surface area contributed by atoms with Gasteiger partial charge in [-0.3, -0.25) is 19.7 Å². The Morgan fingerprint density at radius 3 is 2.61 bits per heavy atom. The standard InChI is InChI=1S/C19H19N3O6/c1-20(2)19(24)17-11-21(13-6-4-5-7-16(13)28-17)18(23)12-8-9-15(27-3)14(10-12)22(25)26/h4-10,17H,11H2,1-3H3/t17-/m1/s1. The molecule has 2 aromatic carbocycles. The van der Waals surface area contributed by atoms with Crippen LogP contribution in [0.1, 0.15) is 10.4 Å². The van der Waals surface area contributed by atoms with E-state index in [1.807, 2.05) is 0 Å². The summed E-state index contributed by atoms with van der Waals surface area (Å²) >= 11 is 0. The van der Waals surface area contributed by atoms with Crippen LogP contribution < -0.4 is 14.4 Å². The molecule has 1 heterocycles. The van der Waals surface area contributed by atoms with E-state index in [2.05, 4.69) is 0 Å². The van der Waals surface area contributed by atoms with Crippen LogP contribution in [0.2, 0.25) is 0 Å². The first-order valence-electron chi connectivity index (χ1n) is 8.44. The lowest BCUT2D eigenvalue weighted by Crippen LogP contribution is -2.50. The van der Waals surface area contributed by atoms with Crippen molar-refractivity contribution in [2.75, 3.05) is 32.6 Å². The number of methoxy groups -OCH3 is 1. The van der Waals surface area contributed by atoms with E-state index >= 15 is 0 Å². The zero-order valence-electron chi connectivity index (χ0n) is 15.6. The van der Waals surface area contributed by atoms with Crippen LogP contribution in [0.4, 0.5) is 11.4 Å². The molecule has 0 saturated carbocycles. The van der Waals surface area contributed by atoms with Crippen molar-refractivity contribution < 1.29 is 24.0 Å². The van der Waals surface area contributed by atoms with Crippen molar-refractivity contribution in [1.82, 2.24) is 4.90 Å². The largest absolute Gasteiger partial charge is 0.490 e. The highest BCUT2D eigenvalue weighted by atomic mass is 16.6. The monoisotopic (exact) mass is 385 g/mol. The summed E-state index contributed by atoms with van der Waals surface area (Å²) in [6.45, 7) is -0.00726. The van der Waals surface area contributed by atoms with Gasteiger partial charge in [-0.1, -0.05) is 12.1 Å². The molecule has 0 spiro atoms. The number of amides is 2. The van der Waals surface area contributed by atoms with Gasteiger partial charge in [-0.25, -0.2) is 0 Å². The van der Waals surface area contributed by atoms with Gasteiger partial charge in [0.2, 0.25) is 0 Å². The van der Waals surface area contributed by atoms with Crippen molar-refractivity contribution in [3.8, 4) is 11.5 Å². The minimum absolute atomic E-state index is 0.00726. The molecule has 2 aromatic rings. The zero-order valence-corrected chi connectivity index (χ0v) is 15.6. The normalized spacial score (nSPS) is 15.2. The fourth-order valence-corrected chi connectivity index (χ4v) is 2.96. The molecule has 9 heteroatoms. The Bertz CT molecular complexity index is 943. The Kier molecular flexibility index (Phi) is 5.16. The molecule has 9 nitrogen and oxygen atoms in total. The average molecular weight is 385 g/mol. The lowest BCUT2D eigenvalue weighted by molar-refractivity contribution is -0.385. The minimum atomic E-state index is -0.873. The van der Waals surface area contributed by atoms with Crippen LogP contribution in [-0.4, -0.2) is 55.5 Å². The van der Waals surface area contributed by atoms with Crippen molar-refractivity contribution in [1.29, 1.82) is 0 Å². The van der Waals surface area contributed by atoms with Gasteiger partial charge in [-0.05, 0) is 24.3 Å². The van der Waals surface area contributed by atoms with Crippen LogP contribution in [0.15, 0.2) is 42.5 Å². The van der Waals surface area contributed by atoms with Crippen molar-refractivity contribution in [2.45, 2.75) is 6.10 Å². The number of anilines is 1. The summed E-state index contributed by atoms with van der Waals surface area (Å²) in [6.07, 6.45) is -0.873. The molecule has 0 radical (unpaired) electrons. The van der Waals surface area contributed by atoms with Gasteiger partial charge < -0.3 is 19.3 Å². The van der Waals surface area contributed by atoms with E-state index in [0.29, 0.717) is 11.4 Å². The maximum Gasteiger partial charge on any atom is 0.311 e.